The summed E-state index contributed by atoms with van der Waals surface area (Å²) in [6.07, 6.45) is 0. The first-order chi connectivity index (χ1) is 12.2. The highest BCUT2D eigenvalue weighted by molar-refractivity contribution is 7.45. The fraction of sp³-hybridized carbons (Fsp3) is 0.143. The number of phosphoric acid groups is 1. The summed E-state index contributed by atoms with van der Waals surface area (Å²) in [6.45, 7) is 6.25. The maximum Gasteiger partial charge on any atom is 0.466 e. The molecule has 3 aromatic carbocycles. The van der Waals surface area contributed by atoms with Crippen LogP contribution in [0.25, 0.3) is 0 Å². The Morgan fingerprint density at radius 1 is 0.500 bits per heavy atom. The van der Waals surface area contributed by atoms with Crippen LogP contribution < -0.4 is 0 Å². The first kappa shape index (κ1) is 23.8. The molecule has 0 fully saturated rings. The third-order valence-corrected chi connectivity index (χ3v) is 2.82. The fourth-order valence-corrected chi connectivity index (χ4v) is 1.60. The Labute approximate surface area is 156 Å². The number of hydrogen-bond donors (Lipinski definition) is 3. The fourth-order valence-electron chi connectivity index (χ4n) is 1.60. The predicted octanol–water partition coefficient (Wildman–Crippen LogP) is 5.06. The van der Waals surface area contributed by atoms with Crippen molar-refractivity contribution >= 4 is 7.82 Å². The second-order valence-electron chi connectivity index (χ2n) is 5.48. The van der Waals surface area contributed by atoms with Gasteiger partial charge in [-0.05, 0) is 20.8 Å². The molecule has 0 spiro atoms. The van der Waals surface area contributed by atoms with Gasteiger partial charge in [0.1, 0.15) is 0 Å². The van der Waals surface area contributed by atoms with Gasteiger partial charge >= 0.3 is 7.82 Å². The lowest BCUT2D eigenvalue weighted by Gasteiger charge is -1.82. The molecule has 5 heteroatoms. The van der Waals surface area contributed by atoms with Gasteiger partial charge in [-0.15, -0.1) is 0 Å². The van der Waals surface area contributed by atoms with Gasteiger partial charge < -0.3 is 14.7 Å². The number of aryl methyl sites for hydroxylation is 3. The summed E-state index contributed by atoms with van der Waals surface area (Å²) < 4.78 is 8.88. The molecular formula is C21H27O4P. The van der Waals surface area contributed by atoms with Crippen LogP contribution in [0.2, 0.25) is 0 Å². The van der Waals surface area contributed by atoms with Crippen molar-refractivity contribution in [3.8, 4) is 0 Å². The molecule has 0 atom stereocenters. The highest BCUT2D eigenvalue weighted by atomic mass is 31.2. The van der Waals surface area contributed by atoms with E-state index in [0.717, 1.165) is 0 Å². The minimum Gasteiger partial charge on any atom is -0.303 e. The highest BCUT2D eigenvalue weighted by Gasteiger charge is 2.00. The Hall–Kier alpha value is -2.23. The van der Waals surface area contributed by atoms with E-state index in [2.05, 4.69) is 57.2 Å². The molecule has 3 aromatic rings. The number of rotatable bonds is 0. The van der Waals surface area contributed by atoms with Gasteiger partial charge in [-0.25, -0.2) is 4.57 Å². The smallest absolute Gasteiger partial charge is 0.303 e. The molecule has 4 nitrogen and oxygen atoms in total. The van der Waals surface area contributed by atoms with E-state index >= 15 is 0 Å². The SMILES string of the molecule is Cc1ccccc1.Cc1ccccc1.Cc1ccccc1.O=P(O)(O)O. The van der Waals surface area contributed by atoms with Gasteiger partial charge in [-0.2, -0.15) is 0 Å². The zero-order chi connectivity index (χ0) is 19.8. The van der Waals surface area contributed by atoms with Crippen molar-refractivity contribution in [2.45, 2.75) is 20.8 Å². The largest absolute Gasteiger partial charge is 0.466 e. The first-order valence-corrected chi connectivity index (χ1v) is 9.58. The molecule has 0 amide bonds. The average molecular weight is 374 g/mol. The minimum atomic E-state index is -4.64. The van der Waals surface area contributed by atoms with Gasteiger partial charge in [0, 0.05) is 0 Å². The summed E-state index contributed by atoms with van der Waals surface area (Å²) in [5.41, 5.74) is 3.97. The maximum absolute atomic E-state index is 8.88. The molecule has 3 N–H and O–H groups in total. The van der Waals surface area contributed by atoms with Gasteiger partial charge in [-0.1, -0.05) is 108 Å². The molecule has 0 bridgehead atoms. The van der Waals surface area contributed by atoms with Crippen LogP contribution in [-0.2, 0) is 4.57 Å². The molecule has 0 unspecified atom stereocenters. The zero-order valence-electron chi connectivity index (χ0n) is 15.4. The molecular weight excluding hydrogens is 347 g/mol. The van der Waals surface area contributed by atoms with E-state index in [1.54, 1.807) is 0 Å². The van der Waals surface area contributed by atoms with Crippen LogP contribution in [-0.4, -0.2) is 14.7 Å². The third-order valence-electron chi connectivity index (χ3n) is 2.82. The van der Waals surface area contributed by atoms with E-state index < -0.39 is 7.82 Å². The van der Waals surface area contributed by atoms with E-state index in [4.69, 9.17) is 19.2 Å². The summed E-state index contributed by atoms with van der Waals surface area (Å²) in [4.78, 5) is 21.6. The highest BCUT2D eigenvalue weighted by Crippen LogP contribution is 2.25. The van der Waals surface area contributed by atoms with Crippen LogP contribution in [0.4, 0.5) is 0 Å². The number of benzene rings is 3. The second kappa shape index (κ2) is 14.0. The predicted molar refractivity (Wildman–Crippen MR) is 108 cm³/mol. The molecule has 0 aromatic heterocycles. The molecule has 140 valence electrons. The van der Waals surface area contributed by atoms with Crippen LogP contribution in [0.15, 0.2) is 91.0 Å². The van der Waals surface area contributed by atoms with E-state index in [1.807, 2.05) is 54.6 Å². The van der Waals surface area contributed by atoms with E-state index in [-0.39, 0.29) is 0 Å². The second-order valence-corrected chi connectivity index (χ2v) is 6.50. The monoisotopic (exact) mass is 374 g/mol. The van der Waals surface area contributed by atoms with Crippen molar-refractivity contribution in [3.05, 3.63) is 108 Å². The molecule has 0 aliphatic heterocycles. The van der Waals surface area contributed by atoms with Crippen molar-refractivity contribution in [2.75, 3.05) is 0 Å². The summed E-state index contributed by atoms with van der Waals surface area (Å²) in [7, 11) is -4.64. The lowest BCUT2D eigenvalue weighted by Crippen LogP contribution is -1.66. The normalized spacial score (nSPS) is 9.31. The Morgan fingerprint density at radius 2 is 0.654 bits per heavy atom. The molecule has 0 saturated carbocycles. The Bertz CT molecular complexity index is 628. The van der Waals surface area contributed by atoms with Crippen molar-refractivity contribution in [1.29, 1.82) is 0 Å². The maximum atomic E-state index is 8.88. The lowest BCUT2D eigenvalue weighted by molar-refractivity contribution is 0.275. The van der Waals surface area contributed by atoms with Crippen molar-refractivity contribution in [1.82, 2.24) is 0 Å². The summed E-state index contributed by atoms with van der Waals surface area (Å²) in [5, 5.41) is 0. The van der Waals surface area contributed by atoms with Gasteiger partial charge in [0.15, 0.2) is 0 Å². The van der Waals surface area contributed by atoms with Crippen LogP contribution >= 0.6 is 7.82 Å². The van der Waals surface area contributed by atoms with E-state index in [1.165, 1.54) is 16.7 Å². The van der Waals surface area contributed by atoms with Crippen molar-refractivity contribution in [3.63, 3.8) is 0 Å². The quantitative estimate of drug-likeness (QED) is 0.481. The topological polar surface area (TPSA) is 77.8 Å². The Kier molecular flexibility index (Phi) is 12.8. The summed E-state index contributed by atoms with van der Waals surface area (Å²) in [5.74, 6) is 0. The van der Waals surface area contributed by atoms with Gasteiger partial charge in [0.2, 0.25) is 0 Å². The van der Waals surface area contributed by atoms with E-state index in [9.17, 15) is 0 Å². The summed E-state index contributed by atoms with van der Waals surface area (Å²) >= 11 is 0. The Balaban J connectivity index is 0.000000324. The van der Waals surface area contributed by atoms with Gasteiger partial charge in [0.25, 0.3) is 0 Å². The molecule has 0 saturated heterocycles. The lowest BCUT2D eigenvalue weighted by atomic mass is 10.2. The average Bonchev–Trinajstić information content (AvgIpc) is 2.57. The molecule has 0 radical (unpaired) electrons. The zero-order valence-corrected chi connectivity index (χ0v) is 16.3. The molecule has 0 aliphatic rings. The number of hydrogen-bond acceptors (Lipinski definition) is 1. The van der Waals surface area contributed by atoms with Crippen LogP contribution in [0.3, 0.4) is 0 Å². The van der Waals surface area contributed by atoms with E-state index in [0.29, 0.717) is 0 Å². The summed E-state index contributed by atoms with van der Waals surface area (Å²) in [6, 6.07) is 30.8. The molecule has 0 aliphatic carbocycles. The first-order valence-electron chi connectivity index (χ1n) is 8.01. The third kappa shape index (κ3) is 19.8. The van der Waals surface area contributed by atoms with Crippen molar-refractivity contribution < 1.29 is 19.2 Å². The molecule has 3 rings (SSSR count). The standard InChI is InChI=1S/3C7H8.H3O4P/c3*1-7-5-3-2-4-6-7;1-5(2,3)4/h3*2-6H,1H3;(H3,1,2,3,4). The van der Waals surface area contributed by atoms with Crippen LogP contribution in [0.1, 0.15) is 16.7 Å². The van der Waals surface area contributed by atoms with Gasteiger partial charge in [0.05, 0.1) is 0 Å². The minimum absolute atomic E-state index is 1.32. The molecule has 0 heterocycles. The van der Waals surface area contributed by atoms with Gasteiger partial charge in [-0.3, -0.25) is 0 Å². The van der Waals surface area contributed by atoms with Crippen LogP contribution in [0.5, 0.6) is 0 Å². The Morgan fingerprint density at radius 3 is 0.731 bits per heavy atom. The van der Waals surface area contributed by atoms with Crippen LogP contribution in [0, 0.1) is 20.8 Å². The van der Waals surface area contributed by atoms with Crippen molar-refractivity contribution in [2.24, 2.45) is 0 Å². The molecule has 26 heavy (non-hydrogen) atoms.